The molecule has 0 saturated carbocycles. The van der Waals surface area contributed by atoms with Gasteiger partial charge in [-0.1, -0.05) is 21.1 Å². The fourth-order valence-corrected chi connectivity index (χ4v) is 2.93. The highest BCUT2D eigenvalue weighted by Gasteiger charge is 2.23. The molecule has 5 nitrogen and oxygen atoms in total. The van der Waals surface area contributed by atoms with Crippen molar-refractivity contribution in [2.75, 3.05) is 20.2 Å². The zero-order chi connectivity index (χ0) is 14.5. The van der Waals surface area contributed by atoms with Crippen molar-refractivity contribution >= 4 is 21.8 Å². The molecule has 0 radical (unpaired) electrons. The standard InChI is InChI=1S/C14H20BrN3O2/c1-20-12-4-5-13(15)11(7-12)9-18-6-2-3-10(8-18)14(16)17-19/h4-5,7,10,19H,2-3,6,8-9H2,1H3,(H2,16,17). The second-order valence-corrected chi connectivity index (χ2v) is 5.91. The van der Waals surface area contributed by atoms with Crippen LogP contribution in [-0.2, 0) is 6.54 Å². The monoisotopic (exact) mass is 341 g/mol. The number of hydrogen-bond acceptors (Lipinski definition) is 4. The van der Waals surface area contributed by atoms with Gasteiger partial charge in [-0.15, -0.1) is 0 Å². The third-order valence-corrected chi connectivity index (χ3v) is 4.46. The van der Waals surface area contributed by atoms with Crippen molar-refractivity contribution in [1.29, 1.82) is 0 Å². The number of rotatable bonds is 4. The Morgan fingerprint density at radius 3 is 3.10 bits per heavy atom. The molecule has 1 atom stereocenters. The average molecular weight is 342 g/mol. The molecule has 0 bridgehead atoms. The van der Waals surface area contributed by atoms with Gasteiger partial charge in [-0.2, -0.15) is 0 Å². The fraction of sp³-hybridized carbons (Fsp3) is 0.500. The first-order chi connectivity index (χ1) is 9.63. The molecular formula is C14H20BrN3O2. The van der Waals surface area contributed by atoms with Crippen molar-refractivity contribution in [2.45, 2.75) is 19.4 Å². The predicted molar refractivity (Wildman–Crippen MR) is 82.1 cm³/mol. The summed E-state index contributed by atoms with van der Waals surface area (Å²) in [5, 5.41) is 11.9. The van der Waals surface area contributed by atoms with Crippen LogP contribution in [0.5, 0.6) is 5.75 Å². The summed E-state index contributed by atoms with van der Waals surface area (Å²) in [6.07, 6.45) is 2.04. The Bertz CT molecular complexity index is 493. The van der Waals surface area contributed by atoms with Crippen molar-refractivity contribution in [2.24, 2.45) is 16.8 Å². The van der Waals surface area contributed by atoms with Crippen molar-refractivity contribution < 1.29 is 9.94 Å². The predicted octanol–water partition coefficient (Wildman–Crippen LogP) is 2.42. The molecule has 3 N–H and O–H groups in total. The van der Waals surface area contributed by atoms with E-state index in [2.05, 4.69) is 26.0 Å². The minimum absolute atomic E-state index is 0.137. The van der Waals surface area contributed by atoms with E-state index in [1.54, 1.807) is 7.11 Å². The Balaban J connectivity index is 2.06. The molecule has 1 unspecified atom stereocenters. The molecular weight excluding hydrogens is 322 g/mol. The van der Waals surface area contributed by atoms with Gasteiger partial charge < -0.3 is 15.7 Å². The molecule has 0 spiro atoms. The van der Waals surface area contributed by atoms with E-state index in [1.807, 2.05) is 18.2 Å². The van der Waals surface area contributed by atoms with Crippen molar-refractivity contribution in [3.8, 4) is 5.75 Å². The van der Waals surface area contributed by atoms with Crippen LogP contribution in [-0.4, -0.2) is 36.1 Å². The Morgan fingerprint density at radius 2 is 2.40 bits per heavy atom. The molecule has 20 heavy (non-hydrogen) atoms. The van der Waals surface area contributed by atoms with Crippen LogP contribution in [0.2, 0.25) is 0 Å². The molecule has 0 aliphatic carbocycles. The summed E-state index contributed by atoms with van der Waals surface area (Å²) in [4.78, 5) is 2.33. The van der Waals surface area contributed by atoms with Crippen LogP contribution in [0, 0.1) is 5.92 Å². The van der Waals surface area contributed by atoms with E-state index in [-0.39, 0.29) is 5.92 Å². The van der Waals surface area contributed by atoms with Crippen LogP contribution in [0.3, 0.4) is 0 Å². The fourth-order valence-electron chi connectivity index (χ4n) is 2.56. The topological polar surface area (TPSA) is 71.1 Å². The molecule has 1 aromatic carbocycles. The lowest BCUT2D eigenvalue weighted by molar-refractivity contribution is 0.192. The van der Waals surface area contributed by atoms with Crippen LogP contribution in [0.4, 0.5) is 0 Å². The molecule has 1 heterocycles. The lowest BCUT2D eigenvalue weighted by Crippen LogP contribution is -2.40. The normalized spacial score (nSPS) is 20.9. The van der Waals surface area contributed by atoms with Gasteiger partial charge in [-0.05, 0) is 43.1 Å². The zero-order valence-electron chi connectivity index (χ0n) is 11.6. The first kappa shape index (κ1) is 15.1. The third-order valence-electron chi connectivity index (χ3n) is 3.69. The van der Waals surface area contributed by atoms with Gasteiger partial charge >= 0.3 is 0 Å². The van der Waals surface area contributed by atoms with Crippen LogP contribution < -0.4 is 10.5 Å². The number of hydrogen-bond donors (Lipinski definition) is 2. The quantitative estimate of drug-likeness (QED) is 0.382. The van der Waals surface area contributed by atoms with Gasteiger partial charge in [0.25, 0.3) is 0 Å². The first-order valence-electron chi connectivity index (χ1n) is 6.66. The molecule has 1 aromatic rings. The van der Waals surface area contributed by atoms with E-state index in [9.17, 15) is 0 Å². The number of oxime groups is 1. The minimum Gasteiger partial charge on any atom is -0.497 e. The summed E-state index contributed by atoms with van der Waals surface area (Å²) in [6.45, 7) is 2.67. The number of benzene rings is 1. The minimum atomic E-state index is 0.137. The third kappa shape index (κ3) is 3.64. The Labute approximate surface area is 127 Å². The molecule has 110 valence electrons. The van der Waals surface area contributed by atoms with Crippen LogP contribution in [0.1, 0.15) is 18.4 Å². The molecule has 1 saturated heterocycles. The van der Waals surface area contributed by atoms with Gasteiger partial charge in [0.05, 0.1) is 7.11 Å². The van der Waals surface area contributed by atoms with Crippen LogP contribution in [0.15, 0.2) is 27.8 Å². The number of nitrogens with zero attached hydrogens (tertiary/aromatic N) is 2. The number of nitrogens with two attached hydrogens (primary N) is 1. The second-order valence-electron chi connectivity index (χ2n) is 5.06. The van der Waals surface area contributed by atoms with Crippen molar-refractivity contribution in [1.82, 2.24) is 4.90 Å². The molecule has 2 rings (SSSR count). The Kier molecular flexibility index (Phi) is 5.25. The highest BCUT2D eigenvalue weighted by atomic mass is 79.9. The number of halogens is 1. The highest BCUT2D eigenvalue weighted by molar-refractivity contribution is 9.10. The van der Waals surface area contributed by atoms with E-state index in [4.69, 9.17) is 15.7 Å². The molecule has 1 fully saturated rings. The van der Waals surface area contributed by atoms with Gasteiger partial charge in [-0.3, -0.25) is 4.90 Å². The van der Waals surface area contributed by atoms with E-state index in [0.29, 0.717) is 5.84 Å². The number of amidine groups is 1. The molecule has 6 heteroatoms. The second kappa shape index (κ2) is 6.95. The maximum atomic E-state index is 8.80. The van der Waals surface area contributed by atoms with Gasteiger partial charge in [0.15, 0.2) is 0 Å². The molecule has 0 amide bonds. The zero-order valence-corrected chi connectivity index (χ0v) is 13.1. The smallest absolute Gasteiger partial charge is 0.143 e. The average Bonchev–Trinajstić information content (AvgIpc) is 2.49. The van der Waals surface area contributed by atoms with E-state index in [1.165, 1.54) is 5.56 Å². The largest absolute Gasteiger partial charge is 0.497 e. The summed E-state index contributed by atoms with van der Waals surface area (Å²) in [5.41, 5.74) is 6.91. The summed E-state index contributed by atoms with van der Waals surface area (Å²) in [6, 6.07) is 5.97. The van der Waals surface area contributed by atoms with E-state index >= 15 is 0 Å². The lowest BCUT2D eigenvalue weighted by atomic mass is 9.96. The van der Waals surface area contributed by atoms with E-state index < -0.39 is 0 Å². The number of methoxy groups -OCH3 is 1. The number of ether oxygens (including phenoxy) is 1. The summed E-state index contributed by atoms with van der Waals surface area (Å²) in [7, 11) is 1.67. The highest BCUT2D eigenvalue weighted by Crippen LogP contribution is 2.26. The Hall–Kier alpha value is -1.27. The maximum Gasteiger partial charge on any atom is 0.143 e. The first-order valence-corrected chi connectivity index (χ1v) is 7.45. The van der Waals surface area contributed by atoms with Gasteiger partial charge in [0.1, 0.15) is 11.6 Å². The molecule has 1 aliphatic rings. The van der Waals surface area contributed by atoms with Crippen LogP contribution in [0.25, 0.3) is 0 Å². The molecule has 0 aromatic heterocycles. The van der Waals surface area contributed by atoms with Crippen molar-refractivity contribution in [3.63, 3.8) is 0 Å². The Morgan fingerprint density at radius 1 is 1.60 bits per heavy atom. The SMILES string of the molecule is COc1ccc(Br)c(CN2CCCC(C(N)=NO)C2)c1. The molecule has 1 aliphatic heterocycles. The number of likely N-dealkylation sites (tertiary alicyclic amines) is 1. The van der Waals surface area contributed by atoms with Gasteiger partial charge in [0.2, 0.25) is 0 Å². The summed E-state index contributed by atoms with van der Waals surface area (Å²) >= 11 is 3.57. The van der Waals surface area contributed by atoms with Crippen LogP contribution >= 0.6 is 15.9 Å². The summed E-state index contributed by atoms with van der Waals surface area (Å²) in [5.74, 6) is 1.32. The van der Waals surface area contributed by atoms with Crippen molar-refractivity contribution in [3.05, 3.63) is 28.2 Å². The summed E-state index contributed by atoms with van der Waals surface area (Å²) < 4.78 is 6.34. The van der Waals surface area contributed by atoms with Gasteiger partial charge in [-0.25, -0.2) is 0 Å². The lowest BCUT2D eigenvalue weighted by Gasteiger charge is -2.32. The number of piperidine rings is 1. The van der Waals surface area contributed by atoms with E-state index in [0.717, 1.165) is 42.7 Å². The maximum absolute atomic E-state index is 8.80. The van der Waals surface area contributed by atoms with Gasteiger partial charge in [0, 0.05) is 23.5 Å².